The monoisotopic (exact) mass is 494 g/mol. The second-order valence-electron chi connectivity index (χ2n) is 8.06. The van der Waals surface area contributed by atoms with Crippen molar-refractivity contribution in [3.05, 3.63) is 58.6 Å². The number of hydrogen-bond acceptors (Lipinski definition) is 5. The highest BCUT2D eigenvalue weighted by atomic mass is 35.5. The molecule has 0 radical (unpaired) electrons. The van der Waals surface area contributed by atoms with Crippen LogP contribution < -0.4 is 14.8 Å². The van der Waals surface area contributed by atoms with Gasteiger partial charge in [-0.25, -0.2) is 13.1 Å². The average Bonchev–Trinajstić information content (AvgIpc) is 2.83. The molecule has 2 N–H and O–H groups in total. The Balaban J connectivity index is 1.56. The molecule has 0 atom stereocenters. The quantitative estimate of drug-likeness (QED) is 0.454. The SMILES string of the molecule is COc1ccc(C(=O)NCCCOC2CCCCC2)cc1S(=O)(=O)NCc1ccc(Cl)cc1. The van der Waals surface area contributed by atoms with Crippen molar-refractivity contribution < 1.29 is 22.7 Å². The fourth-order valence-corrected chi connectivity index (χ4v) is 5.08. The highest BCUT2D eigenvalue weighted by molar-refractivity contribution is 7.89. The zero-order valence-electron chi connectivity index (χ0n) is 18.8. The second kappa shape index (κ2) is 12.4. The van der Waals surface area contributed by atoms with Gasteiger partial charge in [0.05, 0.1) is 13.2 Å². The lowest BCUT2D eigenvalue weighted by Gasteiger charge is -2.21. The van der Waals surface area contributed by atoms with Crippen molar-refractivity contribution in [2.75, 3.05) is 20.3 Å². The first kappa shape index (κ1) is 25.5. The van der Waals surface area contributed by atoms with E-state index in [1.54, 1.807) is 30.3 Å². The summed E-state index contributed by atoms with van der Waals surface area (Å²) in [6.45, 7) is 1.14. The fraction of sp³-hybridized carbons (Fsp3) is 0.458. The van der Waals surface area contributed by atoms with E-state index in [0.717, 1.165) is 18.4 Å². The van der Waals surface area contributed by atoms with Gasteiger partial charge in [-0.1, -0.05) is 43.0 Å². The van der Waals surface area contributed by atoms with Crippen LogP contribution in [0.5, 0.6) is 5.75 Å². The first-order valence-corrected chi connectivity index (χ1v) is 13.1. The summed E-state index contributed by atoms with van der Waals surface area (Å²) in [6, 6.07) is 11.2. The summed E-state index contributed by atoms with van der Waals surface area (Å²) in [7, 11) is -2.53. The molecule has 0 unspecified atom stereocenters. The summed E-state index contributed by atoms with van der Waals surface area (Å²) >= 11 is 5.87. The largest absolute Gasteiger partial charge is 0.495 e. The lowest BCUT2D eigenvalue weighted by molar-refractivity contribution is 0.0273. The van der Waals surface area contributed by atoms with Crippen LogP contribution in [-0.4, -0.2) is 40.7 Å². The number of methoxy groups -OCH3 is 1. The highest BCUT2D eigenvalue weighted by Crippen LogP contribution is 2.25. The Hall–Kier alpha value is -2.13. The molecule has 1 aliphatic rings. The van der Waals surface area contributed by atoms with E-state index in [0.29, 0.717) is 30.7 Å². The van der Waals surface area contributed by atoms with Crippen molar-refractivity contribution in [3.63, 3.8) is 0 Å². The second-order valence-corrected chi connectivity index (χ2v) is 10.2. The molecule has 0 heterocycles. The van der Waals surface area contributed by atoms with Crippen LogP contribution in [0, 0.1) is 0 Å². The Morgan fingerprint density at radius 3 is 2.52 bits per heavy atom. The van der Waals surface area contributed by atoms with E-state index < -0.39 is 10.0 Å². The number of sulfonamides is 1. The lowest BCUT2D eigenvalue weighted by atomic mass is 9.98. The van der Waals surface area contributed by atoms with Crippen molar-refractivity contribution in [2.24, 2.45) is 0 Å². The van der Waals surface area contributed by atoms with Crippen molar-refractivity contribution in [1.82, 2.24) is 10.0 Å². The van der Waals surface area contributed by atoms with Crippen molar-refractivity contribution in [1.29, 1.82) is 0 Å². The molecule has 1 fully saturated rings. The van der Waals surface area contributed by atoms with Gasteiger partial charge >= 0.3 is 0 Å². The van der Waals surface area contributed by atoms with Crippen molar-refractivity contribution in [3.8, 4) is 5.75 Å². The van der Waals surface area contributed by atoms with E-state index in [2.05, 4.69) is 10.0 Å². The molecule has 1 amide bonds. The average molecular weight is 495 g/mol. The van der Waals surface area contributed by atoms with Crippen LogP contribution in [0.15, 0.2) is 47.4 Å². The number of halogens is 1. The summed E-state index contributed by atoms with van der Waals surface area (Å²) in [5.41, 5.74) is 1.00. The Bertz CT molecular complexity index is 1020. The van der Waals surface area contributed by atoms with E-state index in [9.17, 15) is 13.2 Å². The predicted octanol–water partition coefficient (Wildman–Crippen LogP) is 4.30. The third-order valence-corrected chi connectivity index (χ3v) is 7.28. The van der Waals surface area contributed by atoms with Gasteiger partial charge in [0.1, 0.15) is 10.6 Å². The molecule has 0 bridgehead atoms. The molecular weight excluding hydrogens is 464 g/mol. The molecule has 9 heteroatoms. The molecule has 0 aromatic heterocycles. The zero-order chi connectivity index (χ0) is 23.7. The predicted molar refractivity (Wildman–Crippen MR) is 128 cm³/mol. The molecule has 0 spiro atoms. The Labute approximate surface area is 200 Å². The van der Waals surface area contributed by atoms with Crippen LogP contribution in [0.1, 0.15) is 54.4 Å². The first-order chi connectivity index (χ1) is 15.9. The summed E-state index contributed by atoms with van der Waals surface area (Å²) < 4.78 is 39.5. The smallest absolute Gasteiger partial charge is 0.251 e. The molecule has 0 aliphatic heterocycles. The number of carbonyl (C=O) groups is 1. The number of amides is 1. The van der Waals surface area contributed by atoms with Gasteiger partial charge in [0.25, 0.3) is 5.91 Å². The van der Waals surface area contributed by atoms with Gasteiger partial charge in [0.2, 0.25) is 10.0 Å². The molecule has 2 aromatic rings. The first-order valence-electron chi connectivity index (χ1n) is 11.2. The summed E-state index contributed by atoms with van der Waals surface area (Å²) in [6.07, 6.45) is 6.99. The fourth-order valence-electron chi connectivity index (χ4n) is 3.74. The Morgan fingerprint density at radius 2 is 1.82 bits per heavy atom. The van der Waals surface area contributed by atoms with Crippen LogP contribution in [0.4, 0.5) is 0 Å². The third-order valence-electron chi connectivity index (χ3n) is 5.61. The van der Waals surface area contributed by atoms with Gasteiger partial charge in [-0.05, 0) is 55.2 Å². The number of hydrogen-bond donors (Lipinski definition) is 2. The molecule has 3 rings (SSSR count). The van der Waals surface area contributed by atoms with Gasteiger partial charge in [-0.15, -0.1) is 0 Å². The molecule has 2 aromatic carbocycles. The van der Waals surface area contributed by atoms with E-state index in [4.69, 9.17) is 21.1 Å². The number of nitrogens with one attached hydrogen (secondary N) is 2. The highest BCUT2D eigenvalue weighted by Gasteiger charge is 2.21. The standard InChI is InChI=1S/C24H31ClN2O5S/c1-31-22-13-10-19(24(28)26-14-5-15-32-21-6-3-2-4-7-21)16-23(22)33(29,30)27-17-18-8-11-20(25)12-9-18/h8-13,16,21,27H,2-7,14-15,17H2,1H3,(H,26,28). The molecule has 7 nitrogen and oxygen atoms in total. The normalized spacial score (nSPS) is 14.7. The molecule has 1 aliphatic carbocycles. The minimum absolute atomic E-state index is 0.0834. The minimum Gasteiger partial charge on any atom is -0.495 e. The molecule has 33 heavy (non-hydrogen) atoms. The van der Waals surface area contributed by atoms with Gasteiger partial charge in [0, 0.05) is 30.3 Å². The van der Waals surface area contributed by atoms with Crippen LogP contribution in [0.25, 0.3) is 0 Å². The molecule has 1 saturated carbocycles. The van der Waals surface area contributed by atoms with Crippen LogP contribution in [0.2, 0.25) is 5.02 Å². The number of carbonyl (C=O) groups excluding carboxylic acids is 1. The van der Waals surface area contributed by atoms with Gasteiger partial charge < -0.3 is 14.8 Å². The van der Waals surface area contributed by atoms with E-state index in [1.807, 2.05) is 0 Å². The van der Waals surface area contributed by atoms with Crippen molar-refractivity contribution >= 4 is 27.5 Å². The van der Waals surface area contributed by atoms with Gasteiger partial charge in [-0.3, -0.25) is 4.79 Å². The molecule has 0 saturated heterocycles. The summed E-state index contributed by atoms with van der Waals surface area (Å²) in [5, 5.41) is 3.40. The van der Waals surface area contributed by atoms with Crippen LogP contribution >= 0.6 is 11.6 Å². The molecule has 180 valence electrons. The number of benzene rings is 2. The third kappa shape index (κ3) is 7.71. The summed E-state index contributed by atoms with van der Waals surface area (Å²) in [5.74, 6) is -0.180. The zero-order valence-corrected chi connectivity index (χ0v) is 20.4. The van der Waals surface area contributed by atoms with Gasteiger partial charge in [-0.2, -0.15) is 0 Å². The lowest BCUT2D eigenvalue weighted by Crippen LogP contribution is -2.27. The van der Waals surface area contributed by atoms with E-state index >= 15 is 0 Å². The number of ether oxygens (including phenoxy) is 2. The summed E-state index contributed by atoms with van der Waals surface area (Å²) in [4.78, 5) is 12.5. The van der Waals surface area contributed by atoms with Gasteiger partial charge in [0.15, 0.2) is 0 Å². The maximum atomic E-state index is 12.9. The van der Waals surface area contributed by atoms with E-state index in [1.165, 1.54) is 38.5 Å². The van der Waals surface area contributed by atoms with Crippen LogP contribution in [-0.2, 0) is 21.3 Å². The molecular formula is C24H31ClN2O5S. The maximum Gasteiger partial charge on any atom is 0.251 e. The Kier molecular flexibility index (Phi) is 9.55. The topological polar surface area (TPSA) is 93.7 Å². The number of rotatable bonds is 11. The minimum atomic E-state index is -3.92. The van der Waals surface area contributed by atoms with Crippen LogP contribution in [0.3, 0.4) is 0 Å². The maximum absolute atomic E-state index is 12.9. The Morgan fingerprint density at radius 1 is 1.09 bits per heavy atom. The van der Waals surface area contributed by atoms with E-state index in [-0.39, 0.29) is 28.7 Å². The van der Waals surface area contributed by atoms with Crippen molar-refractivity contribution in [2.45, 2.75) is 56.1 Å².